The number of fused-ring (bicyclic) bond motifs is 2. The third-order valence-corrected chi connectivity index (χ3v) is 6.08. The van der Waals surface area contributed by atoms with Gasteiger partial charge in [0.1, 0.15) is 0 Å². The molecule has 1 saturated carbocycles. The average molecular weight is 264 g/mol. The number of piperidine rings is 2. The second kappa shape index (κ2) is 6.13. The lowest BCUT2D eigenvalue weighted by molar-refractivity contribution is -0.0227. The smallest absolute Gasteiger partial charge is 0.0116 e. The maximum absolute atomic E-state index is 3.72. The molecule has 1 aliphatic carbocycles. The number of nitrogens with zero attached hydrogens (tertiary/aromatic N) is 1. The summed E-state index contributed by atoms with van der Waals surface area (Å²) in [6.07, 6.45) is 13.1. The lowest BCUT2D eigenvalue weighted by atomic mass is 9.79. The molecule has 3 fully saturated rings. The summed E-state index contributed by atoms with van der Waals surface area (Å²) >= 11 is 0. The Hall–Kier alpha value is -0.0800. The highest BCUT2D eigenvalue weighted by Gasteiger charge is 2.42. The largest absolute Gasteiger partial charge is 0.314 e. The van der Waals surface area contributed by atoms with Gasteiger partial charge in [-0.15, -0.1) is 0 Å². The van der Waals surface area contributed by atoms with Crippen LogP contribution in [-0.4, -0.2) is 35.6 Å². The van der Waals surface area contributed by atoms with Gasteiger partial charge in [0.15, 0.2) is 0 Å². The van der Waals surface area contributed by atoms with E-state index in [0.29, 0.717) is 0 Å². The highest BCUT2D eigenvalue weighted by molar-refractivity contribution is 4.98. The van der Waals surface area contributed by atoms with Crippen LogP contribution in [0.3, 0.4) is 0 Å². The fourth-order valence-corrected chi connectivity index (χ4v) is 5.22. The van der Waals surface area contributed by atoms with E-state index in [0.717, 1.165) is 36.6 Å². The molecule has 3 atom stereocenters. The van der Waals surface area contributed by atoms with Gasteiger partial charge in [0.05, 0.1) is 0 Å². The van der Waals surface area contributed by atoms with Gasteiger partial charge in [0.2, 0.25) is 0 Å². The molecule has 2 heterocycles. The summed E-state index contributed by atoms with van der Waals surface area (Å²) < 4.78 is 0. The summed E-state index contributed by atoms with van der Waals surface area (Å²) in [5.74, 6) is 0.999. The highest BCUT2D eigenvalue weighted by atomic mass is 15.2. The zero-order chi connectivity index (χ0) is 13.2. The molecule has 3 rings (SSSR count). The first kappa shape index (κ1) is 13.9. The van der Waals surface area contributed by atoms with Crippen molar-refractivity contribution in [3.8, 4) is 0 Å². The summed E-state index contributed by atoms with van der Waals surface area (Å²) in [5.41, 5.74) is 0. The Labute approximate surface area is 119 Å². The Balaban J connectivity index is 1.67. The van der Waals surface area contributed by atoms with Gasteiger partial charge in [0.25, 0.3) is 0 Å². The first-order valence-corrected chi connectivity index (χ1v) is 8.80. The van der Waals surface area contributed by atoms with Crippen LogP contribution in [-0.2, 0) is 0 Å². The molecule has 0 radical (unpaired) electrons. The molecule has 2 bridgehead atoms. The third-order valence-electron chi connectivity index (χ3n) is 6.08. The fourth-order valence-electron chi connectivity index (χ4n) is 5.22. The van der Waals surface area contributed by atoms with Crippen LogP contribution >= 0.6 is 0 Å². The van der Waals surface area contributed by atoms with E-state index in [4.69, 9.17) is 0 Å². The van der Waals surface area contributed by atoms with Gasteiger partial charge in [-0.05, 0) is 57.9 Å². The van der Waals surface area contributed by atoms with Crippen molar-refractivity contribution in [3.63, 3.8) is 0 Å². The summed E-state index contributed by atoms with van der Waals surface area (Å²) in [4.78, 5) is 2.97. The van der Waals surface area contributed by atoms with E-state index in [1.165, 1.54) is 57.8 Å². The molecule has 0 aromatic rings. The molecule has 0 aromatic carbocycles. The van der Waals surface area contributed by atoms with Crippen molar-refractivity contribution in [2.24, 2.45) is 5.92 Å². The molecule has 2 heteroatoms. The Bertz CT molecular complexity index is 271. The van der Waals surface area contributed by atoms with Crippen molar-refractivity contribution >= 4 is 0 Å². The minimum atomic E-state index is 0.798. The van der Waals surface area contributed by atoms with Crippen molar-refractivity contribution in [1.29, 1.82) is 0 Å². The van der Waals surface area contributed by atoms with Gasteiger partial charge in [-0.25, -0.2) is 0 Å². The predicted molar refractivity (Wildman–Crippen MR) is 81.4 cm³/mol. The molecule has 0 aromatic heterocycles. The standard InChI is InChI=1S/C17H32N2/c1-3-18-15-11-16-9-6-10-17(12-15)19(16)13(2)14-7-4-5-8-14/h13-18H,3-12H2,1-2H3. The highest BCUT2D eigenvalue weighted by Crippen LogP contribution is 2.40. The molecule has 0 amide bonds. The minimum Gasteiger partial charge on any atom is -0.314 e. The summed E-state index contributed by atoms with van der Waals surface area (Å²) in [5, 5.41) is 3.72. The Kier molecular flexibility index (Phi) is 4.48. The molecule has 110 valence electrons. The average Bonchev–Trinajstić information content (AvgIpc) is 2.91. The van der Waals surface area contributed by atoms with Crippen molar-refractivity contribution in [2.45, 2.75) is 95.8 Å². The zero-order valence-electron chi connectivity index (χ0n) is 12.9. The minimum absolute atomic E-state index is 0.798. The van der Waals surface area contributed by atoms with Crippen molar-refractivity contribution in [1.82, 2.24) is 10.2 Å². The summed E-state index contributed by atoms with van der Waals surface area (Å²) in [6.45, 7) is 5.93. The van der Waals surface area contributed by atoms with E-state index >= 15 is 0 Å². The van der Waals surface area contributed by atoms with E-state index in [-0.39, 0.29) is 0 Å². The lowest BCUT2D eigenvalue weighted by Crippen LogP contribution is -2.60. The van der Waals surface area contributed by atoms with Crippen LogP contribution in [0.25, 0.3) is 0 Å². The van der Waals surface area contributed by atoms with Crippen LogP contribution in [0.15, 0.2) is 0 Å². The lowest BCUT2D eigenvalue weighted by Gasteiger charge is -2.53. The molecule has 2 aliphatic heterocycles. The fraction of sp³-hybridized carbons (Fsp3) is 1.00. The number of rotatable bonds is 4. The van der Waals surface area contributed by atoms with Crippen LogP contribution < -0.4 is 5.32 Å². The molecule has 3 aliphatic rings. The maximum Gasteiger partial charge on any atom is 0.0116 e. The topological polar surface area (TPSA) is 15.3 Å². The predicted octanol–water partition coefficient (Wildman–Crippen LogP) is 3.56. The molecule has 2 nitrogen and oxygen atoms in total. The second-order valence-electron chi connectivity index (χ2n) is 7.20. The quantitative estimate of drug-likeness (QED) is 0.835. The van der Waals surface area contributed by atoms with Gasteiger partial charge in [-0.3, -0.25) is 4.90 Å². The van der Waals surface area contributed by atoms with Gasteiger partial charge < -0.3 is 5.32 Å². The van der Waals surface area contributed by atoms with Crippen molar-refractivity contribution in [3.05, 3.63) is 0 Å². The Morgan fingerprint density at radius 3 is 2.21 bits per heavy atom. The van der Waals surface area contributed by atoms with Gasteiger partial charge in [-0.2, -0.15) is 0 Å². The van der Waals surface area contributed by atoms with Crippen LogP contribution in [0.1, 0.15) is 71.6 Å². The van der Waals surface area contributed by atoms with Gasteiger partial charge in [0, 0.05) is 24.2 Å². The second-order valence-corrected chi connectivity index (χ2v) is 7.20. The molecule has 3 unspecified atom stereocenters. The maximum atomic E-state index is 3.72. The summed E-state index contributed by atoms with van der Waals surface area (Å²) in [7, 11) is 0. The van der Waals surface area contributed by atoms with Crippen LogP contribution in [0.5, 0.6) is 0 Å². The molecular formula is C17H32N2. The van der Waals surface area contributed by atoms with E-state index in [9.17, 15) is 0 Å². The first-order valence-electron chi connectivity index (χ1n) is 8.80. The molecular weight excluding hydrogens is 232 g/mol. The van der Waals surface area contributed by atoms with Crippen molar-refractivity contribution < 1.29 is 0 Å². The number of hydrogen-bond donors (Lipinski definition) is 1. The van der Waals surface area contributed by atoms with E-state index in [1.807, 2.05) is 0 Å². The summed E-state index contributed by atoms with van der Waals surface area (Å²) in [6, 6.07) is 3.41. The SMILES string of the molecule is CCNC1CC2CCCC(C1)N2C(C)C1CCCC1. The van der Waals surface area contributed by atoms with Gasteiger partial charge >= 0.3 is 0 Å². The molecule has 0 spiro atoms. The van der Waals surface area contributed by atoms with Crippen LogP contribution in [0.2, 0.25) is 0 Å². The van der Waals surface area contributed by atoms with Gasteiger partial charge in [-0.1, -0.05) is 26.2 Å². The number of hydrogen-bond acceptors (Lipinski definition) is 2. The van der Waals surface area contributed by atoms with E-state index < -0.39 is 0 Å². The monoisotopic (exact) mass is 264 g/mol. The number of nitrogens with one attached hydrogen (secondary N) is 1. The molecule has 2 saturated heterocycles. The normalized spacial score (nSPS) is 38.5. The molecule has 1 N–H and O–H groups in total. The van der Waals surface area contributed by atoms with E-state index in [1.54, 1.807) is 0 Å². The Morgan fingerprint density at radius 2 is 1.63 bits per heavy atom. The van der Waals surface area contributed by atoms with E-state index in [2.05, 4.69) is 24.1 Å². The van der Waals surface area contributed by atoms with Crippen molar-refractivity contribution in [2.75, 3.05) is 6.54 Å². The van der Waals surface area contributed by atoms with Crippen LogP contribution in [0, 0.1) is 5.92 Å². The zero-order valence-corrected chi connectivity index (χ0v) is 12.9. The molecule has 19 heavy (non-hydrogen) atoms. The first-order chi connectivity index (χ1) is 9.29. The Morgan fingerprint density at radius 1 is 1.00 bits per heavy atom. The third kappa shape index (κ3) is 2.85. The van der Waals surface area contributed by atoms with Crippen LogP contribution in [0.4, 0.5) is 0 Å².